The fraction of sp³-hybridized carbons (Fsp3) is 0.400. The molecule has 1 rings (SSSR count). The summed E-state index contributed by atoms with van der Waals surface area (Å²) in [5.41, 5.74) is 0.287. The molecule has 2 nitrogen and oxygen atoms in total. The number of hydrogen-bond donors (Lipinski definition) is 1. The number of hydrogen-bond acceptors (Lipinski definition) is 2. The molecule has 5 heteroatoms. The molecule has 0 radical (unpaired) electrons. The van der Waals surface area contributed by atoms with Gasteiger partial charge in [0, 0.05) is 33.7 Å². The first-order valence-electron chi connectivity index (χ1n) is 4.54. The number of rotatable bonds is 5. The summed E-state index contributed by atoms with van der Waals surface area (Å²) in [4.78, 5) is 0. The van der Waals surface area contributed by atoms with Crippen LogP contribution >= 0.6 is 11.6 Å². The first kappa shape index (κ1) is 12.6. The van der Waals surface area contributed by atoms with Crippen LogP contribution < -0.4 is 0 Å². The second-order valence-electron chi connectivity index (χ2n) is 3.07. The van der Waals surface area contributed by atoms with Gasteiger partial charge < -0.3 is 5.11 Å². The Balaban J connectivity index is 2.68. The Kier molecular flexibility index (Phi) is 5.22. The van der Waals surface area contributed by atoms with Crippen LogP contribution in [0.25, 0.3) is 0 Å². The second kappa shape index (κ2) is 6.20. The summed E-state index contributed by atoms with van der Waals surface area (Å²) < 4.78 is 24.7. The van der Waals surface area contributed by atoms with E-state index in [9.17, 15) is 8.60 Å². The van der Waals surface area contributed by atoms with Crippen molar-refractivity contribution in [3.05, 3.63) is 34.6 Å². The summed E-state index contributed by atoms with van der Waals surface area (Å²) >= 11 is 5.78. The van der Waals surface area contributed by atoms with E-state index >= 15 is 0 Å². The SMILES string of the molecule is O=S(CCCO)Cc1c(F)cccc1Cl. The van der Waals surface area contributed by atoms with E-state index < -0.39 is 16.6 Å². The molecular formula is C10H12ClFO2S. The standard InChI is InChI=1S/C10H12ClFO2S/c11-9-3-1-4-10(12)8(9)7-15(14)6-2-5-13/h1,3-4,13H,2,5-7H2. The van der Waals surface area contributed by atoms with Crippen molar-refractivity contribution in [2.24, 2.45) is 0 Å². The highest BCUT2D eigenvalue weighted by atomic mass is 35.5. The van der Waals surface area contributed by atoms with E-state index in [1.807, 2.05) is 0 Å². The molecule has 1 aromatic rings. The van der Waals surface area contributed by atoms with E-state index in [1.165, 1.54) is 12.1 Å². The zero-order chi connectivity index (χ0) is 11.3. The van der Waals surface area contributed by atoms with Gasteiger partial charge in [-0.3, -0.25) is 4.21 Å². The Morgan fingerprint density at radius 2 is 2.20 bits per heavy atom. The first-order chi connectivity index (χ1) is 7.15. The molecule has 1 atom stereocenters. The quantitative estimate of drug-likeness (QED) is 0.869. The second-order valence-corrected chi connectivity index (χ2v) is 5.05. The maximum atomic E-state index is 13.3. The Labute approximate surface area is 95.5 Å². The average Bonchev–Trinajstić information content (AvgIpc) is 2.21. The predicted molar refractivity (Wildman–Crippen MR) is 59.8 cm³/mol. The zero-order valence-corrected chi connectivity index (χ0v) is 9.65. The van der Waals surface area contributed by atoms with Gasteiger partial charge >= 0.3 is 0 Å². The summed E-state index contributed by atoms with van der Waals surface area (Å²) in [7, 11) is -1.18. The molecule has 0 spiro atoms. The Morgan fingerprint density at radius 3 is 2.80 bits per heavy atom. The van der Waals surface area contributed by atoms with Crippen LogP contribution in [0.1, 0.15) is 12.0 Å². The van der Waals surface area contributed by atoms with Crippen molar-refractivity contribution in [3.63, 3.8) is 0 Å². The molecule has 1 aromatic carbocycles. The normalized spacial score (nSPS) is 12.7. The lowest BCUT2D eigenvalue weighted by Crippen LogP contribution is -2.04. The maximum absolute atomic E-state index is 13.3. The van der Waals surface area contributed by atoms with Crippen LogP contribution in [-0.2, 0) is 16.6 Å². The summed E-state index contributed by atoms with van der Waals surface area (Å²) in [6.07, 6.45) is 0.457. The maximum Gasteiger partial charge on any atom is 0.128 e. The fourth-order valence-corrected chi connectivity index (χ4v) is 2.65. The summed E-state index contributed by atoms with van der Waals surface area (Å²) in [6.45, 7) is -0.00323. The highest BCUT2D eigenvalue weighted by Gasteiger charge is 2.10. The lowest BCUT2D eigenvalue weighted by atomic mass is 10.2. The average molecular weight is 251 g/mol. The van der Waals surface area contributed by atoms with Gasteiger partial charge in [-0.05, 0) is 18.6 Å². The van der Waals surface area contributed by atoms with E-state index in [-0.39, 0.29) is 17.9 Å². The van der Waals surface area contributed by atoms with Gasteiger partial charge in [-0.15, -0.1) is 0 Å². The van der Waals surface area contributed by atoms with E-state index in [0.29, 0.717) is 17.2 Å². The highest BCUT2D eigenvalue weighted by molar-refractivity contribution is 7.84. The highest BCUT2D eigenvalue weighted by Crippen LogP contribution is 2.20. The van der Waals surface area contributed by atoms with Gasteiger partial charge in [0.1, 0.15) is 5.82 Å². The molecular weight excluding hydrogens is 239 g/mol. The molecule has 0 bridgehead atoms. The van der Waals surface area contributed by atoms with Crippen molar-refractivity contribution < 1.29 is 13.7 Å². The van der Waals surface area contributed by atoms with Crippen LogP contribution in [0.15, 0.2) is 18.2 Å². The van der Waals surface area contributed by atoms with Gasteiger partial charge in [0.25, 0.3) is 0 Å². The minimum absolute atomic E-state index is 0.00323. The van der Waals surface area contributed by atoms with E-state index in [2.05, 4.69) is 0 Å². The Bertz CT molecular complexity index is 337. The lowest BCUT2D eigenvalue weighted by molar-refractivity contribution is 0.296. The summed E-state index contributed by atoms with van der Waals surface area (Å²) in [5.74, 6) is 0.0343. The Hall–Kier alpha value is -0.450. The monoisotopic (exact) mass is 250 g/mol. The largest absolute Gasteiger partial charge is 0.396 e. The van der Waals surface area contributed by atoms with Crippen molar-refractivity contribution >= 4 is 22.4 Å². The van der Waals surface area contributed by atoms with Crippen LogP contribution in [0.5, 0.6) is 0 Å². The van der Waals surface area contributed by atoms with Crippen molar-refractivity contribution in [2.45, 2.75) is 12.2 Å². The molecule has 0 saturated carbocycles. The zero-order valence-electron chi connectivity index (χ0n) is 8.08. The molecule has 0 aliphatic carbocycles. The third-order valence-corrected chi connectivity index (χ3v) is 3.61. The Morgan fingerprint density at radius 1 is 1.47 bits per heavy atom. The molecule has 1 unspecified atom stereocenters. The molecule has 84 valence electrons. The van der Waals surface area contributed by atoms with E-state index in [1.54, 1.807) is 6.07 Å². The molecule has 0 aromatic heterocycles. The van der Waals surface area contributed by atoms with Gasteiger partial charge in [-0.1, -0.05) is 17.7 Å². The number of aliphatic hydroxyl groups excluding tert-OH is 1. The van der Waals surface area contributed by atoms with Gasteiger partial charge in [0.05, 0.1) is 5.75 Å². The third-order valence-electron chi connectivity index (χ3n) is 1.90. The van der Waals surface area contributed by atoms with Gasteiger partial charge in [0.2, 0.25) is 0 Å². The van der Waals surface area contributed by atoms with Crippen molar-refractivity contribution in [1.82, 2.24) is 0 Å². The van der Waals surface area contributed by atoms with Crippen molar-refractivity contribution in [3.8, 4) is 0 Å². The number of benzene rings is 1. The molecule has 0 aliphatic heterocycles. The van der Waals surface area contributed by atoms with Crippen molar-refractivity contribution in [2.75, 3.05) is 12.4 Å². The molecule has 0 saturated heterocycles. The number of halogens is 2. The van der Waals surface area contributed by atoms with E-state index in [0.717, 1.165) is 0 Å². The molecule has 1 N–H and O–H groups in total. The van der Waals surface area contributed by atoms with Crippen LogP contribution in [0.3, 0.4) is 0 Å². The fourth-order valence-electron chi connectivity index (χ4n) is 1.13. The summed E-state index contributed by atoms with van der Waals surface area (Å²) in [5, 5.41) is 8.85. The molecule has 15 heavy (non-hydrogen) atoms. The topological polar surface area (TPSA) is 37.3 Å². The first-order valence-corrected chi connectivity index (χ1v) is 6.40. The van der Waals surface area contributed by atoms with Gasteiger partial charge in [-0.25, -0.2) is 4.39 Å². The summed E-state index contributed by atoms with van der Waals surface area (Å²) in [6, 6.07) is 4.38. The molecule has 0 heterocycles. The van der Waals surface area contributed by atoms with Crippen molar-refractivity contribution in [1.29, 1.82) is 0 Å². The smallest absolute Gasteiger partial charge is 0.128 e. The lowest BCUT2D eigenvalue weighted by Gasteiger charge is -2.05. The van der Waals surface area contributed by atoms with Crippen LogP contribution in [0.2, 0.25) is 5.02 Å². The van der Waals surface area contributed by atoms with Crippen LogP contribution in [0.4, 0.5) is 4.39 Å². The minimum Gasteiger partial charge on any atom is -0.396 e. The van der Waals surface area contributed by atoms with E-state index in [4.69, 9.17) is 16.7 Å². The van der Waals surface area contributed by atoms with Gasteiger partial charge in [-0.2, -0.15) is 0 Å². The van der Waals surface area contributed by atoms with Gasteiger partial charge in [0.15, 0.2) is 0 Å². The minimum atomic E-state index is -1.18. The third kappa shape index (κ3) is 3.89. The van der Waals surface area contributed by atoms with Crippen LogP contribution in [0, 0.1) is 5.82 Å². The molecule has 0 fully saturated rings. The predicted octanol–water partition coefficient (Wildman–Crippen LogP) is 2.11. The van der Waals surface area contributed by atoms with Crippen LogP contribution in [-0.4, -0.2) is 21.7 Å². The molecule has 0 aliphatic rings. The molecule has 0 amide bonds. The number of aliphatic hydroxyl groups is 1.